The Morgan fingerprint density at radius 3 is 2.76 bits per heavy atom. The molecule has 0 bridgehead atoms. The van der Waals surface area contributed by atoms with Gasteiger partial charge in [-0.25, -0.2) is 0 Å². The van der Waals surface area contributed by atoms with E-state index in [0.29, 0.717) is 22.4 Å². The molecule has 2 saturated heterocycles. The highest BCUT2D eigenvalue weighted by Crippen LogP contribution is 2.37. The molecule has 0 aromatic heterocycles. The van der Waals surface area contributed by atoms with Crippen molar-refractivity contribution in [1.82, 2.24) is 9.80 Å². The van der Waals surface area contributed by atoms with Crippen molar-refractivity contribution in [3.8, 4) is 5.75 Å². The Morgan fingerprint density at radius 2 is 1.97 bits per heavy atom. The maximum atomic E-state index is 13.1. The van der Waals surface area contributed by atoms with Gasteiger partial charge < -0.3 is 9.47 Å². The normalized spacial score (nSPS) is 19.5. The van der Waals surface area contributed by atoms with Gasteiger partial charge in [0.1, 0.15) is 10.1 Å². The van der Waals surface area contributed by atoms with Crippen molar-refractivity contribution in [3.05, 3.63) is 46.9 Å². The van der Waals surface area contributed by atoms with Crippen LogP contribution in [0.4, 0.5) is 0 Å². The summed E-state index contributed by atoms with van der Waals surface area (Å²) in [6, 6.07) is 12.2. The number of rotatable bonds is 6. The highest BCUT2D eigenvalue weighted by molar-refractivity contribution is 8.26. The van der Waals surface area contributed by atoms with Crippen molar-refractivity contribution in [2.24, 2.45) is 0 Å². The molecule has 0 unspecified atom stereocenters. The Hall–Kier alpha value is -1.93. The third kappa shape index (κ3) is 4.48. The fourth-order valence-electron chi connectivity index (χ4n) is 3.60. The minimum absolute atomic E-state index is 0.0244. The van der Waals surface area contributed by atoms with Crippen LogP contribution >= 0.6 is 24.0 Å². The van der Waals surface area contributed by atoms with Crippen molar-refractivity contribution in [1.29, 1.82) is 0 Å². The number of amides is 1. The second-order valence-corrected chi connectivity index (χ2v) is 8.59. The standard InChI is InChI=1S/C22H24N2O3S2/c1-2-27-19-8-7-16-5-3-4-6-17(16)18(19)15-20-21(25)24(22(28)29-20)10-9-23-11-13-26-14-12-23/h3-8,15H,2,9-14H2,1H3/b20-15-. The monoisotopic (exact) mass is 428 g/mol. The average molecular weight is 429 g/mol. The van der Waals surface area contributed by atoms with Crippen molar-refractivity contribution in [3.63, 3.8) is 0 Å². The summed E-state index contributed by atoms with van der Waals surface area (Å²) >= 11 is 6.88. The van der Waals surface area contributed by atoms with Crippen LogP contribution in [0.1, 0.15) is 12.5 Å². The van der Waals surface area contributed by atoms with E-state index in [1.54, 1.807) is 4.90 Å². The van der Waals surface area contributed by atoms with Gasteiger partial charge in [-0.3, -0.25) is 14.6 Å². The minimum atomic E-state index is -0.0244. The van der Waals surface area contributed by atoms with E-state index in [0.717, 1.165) is 54.9 Å². The molecule has 29 heavy (non-hydrogen) atoms. The summed E-state index contributed by atoms with van der Waals surface area (Å²) in [7, 11) is 0. The number of hydrogen-bond acceptors (Lipinski definition) is 6. The van der Waals surface area contributed by atoms with Gasteiger partial charge in [0.2, 0.25) is 0 Å². The van der Waals surface area contributed by atoms with Crippen molar-refractivity contribution < 1.29 is 14.3 Å². The number of hydrogen-bond donors (Lipinski definition) is 0. The van der Waals surface area contributed by atoms with E-state index in [1.807, 2.05) is 37.3 Å². The Morgan fingerprint density at radius 1 is 1.17 bits per heavy atom. The molecule has 0 atom stereocenters. The molecule has 7 heteroatoms. The van der Waals surface area contributed by atoms with E-state index in [9.17, 15) is 4.79 Å². The van der Waals surface area contributed by atoms with E-state index >= 15 is 0 Å². The van der Waals surface area contributed by atoms with Gasteiger partial charge in [0, 0.05) is 31.7 Å². The summed E-state index contributed by atoms with van der Waals surface area (Å²) in [5.74, 6) is 0.758. The summed E-state index contributed by atoms with van der Waals surface area (Å²) in [6.07, 6.45) is 1.93. The highest BCUT2D eigenvalue weighted by atomic mass is 32.2. The van der Waals surface area contributed by atoms with E-state index in [-0.39, 0.29) is 5.91 Å². The molecular formula is C22H24N2O3S2. The number of benzene rings is 2. The van der Waals surface area contributed by atoms with Crippen molar-refractivity contribution in [2.45, 2.75) is 6.92 Å². The lowest BCUT2D eigenvalue weighted by Crippen LogP contribution is -2.42. The smallest absolute Gasteiger partial charge is 0.266 e. The molecule has 2 aromatic carbocycles. The van der Waals surface area contributed by atoms with Crippen LogP contribution in [-0.4, -0.2) is 66.0 Å². The molecule has 2 fully saturated rings. The number of carbonyl (C=O) groups excluding carboxylic acids is 1. The van der Waals surface area contributed by atoms with Crippen LogP contribution < -0.4 is 4.74 Å². The van der Waals surface area contributed by atoms with E-state index < -0.39 is 0 Å². The fraction of sp³-hybridized carbons (Fsp3) is 0.364. The molecule has 0 N–H and O–H groups in total. The van der Waals surface area contributed by atoms with Crippen LogP contribution in [0.2, 0.25) is 0 Å². The Kier molecular flexibility index (Phi) is 6.50. The summed E-state index contributed by atoms with van der Waals surface area (Å²) in [4.78, 5) is 17.7. The first-order chi connectivity index (χ1) is 14.2. The SMILES string of the molecule is CCOc1ccc2ccccc2c1/C=C1\SC(=S)N(CCN2CCOCC2)C1=O. The zero-order valence-corrected chi connectivity index (χ0v) is 18.1. The molecule has 0 spiro atoms. The lowest BCUT2D eigenvalue weighted by atomic mass is 10.0. The van der Waals surface area contributed by atoms with Crippen molar-refractivity contribution in [2.75, 3.05) is 46.0 Å². The van der Waals surface area contributed by atoms with Gasteiger partial charge in [-0.05, 0) is 29.8 Å². The van der Waals surface area contributed by atoms with Crippen molar-refractivity contribution >= 4 is 51.1 Å². The number of nitrogens with zero attached hydrogens (tertiary/aromatic N) is 2. The quantitative estimate of drug-likeness (QED) is 0.515. The van der Waals surface area contributed by atoms with Crippen LogP contribution in [0.3, 0.4) is 0 Å². The molecule has 2 aliphatic rings. The Labute approximate surface area is 180 Å². The third-order valence-corrected chi connectivity index (χ3v) is 6.50. The minimum Gasteiger partial charge on any atom is -0.493 e. The molecule has 5 nitrogen and oxygen atoms in total. The van der Waals surface area contributed by atoms with Crippen LogP contribution in [0, 0.1) is 0 Å². The predicted octanol–water partition coefficient (Wildman–Crippen LogP) is 3.77. The van der Waals surface area contributed by atoms with Gasteiger partial charge in [-0.1, -0.05) is 54.3 Å². The molecule has 2 aromatic rings. The van der Waals surface area contributed by atoms with Crippen LogP contribution in [0.5, 0.6) is 5.75 Å². The second-order valence-electron chi connectivity index (χ2n) is 6.92. The fourth-order valence-corrected chi connectivity index (χ4v) is 4.89. The first kappa shape index (κ1) is 20.3. The average Bonchev–Trinajstić information content (AvgIpc) is 3.01. The second kappa shape index (κ2) is 9.26. The molecule has 2 aliphatic heterocycles. The number of fused-ring (bicyclic) bond motifs is 1. The number of thioether (sulfide) groups is 1. The molecule has 4 rings (SSSR count). The van der Waals surface area contributed by atoms with E-state index in [1.165, 1.54) is 11.8 Å². The molecule has 0 radical (unpaired) electrons. The molecule has 1 amide bonds. The molecular weight excluding hydrogens is 404 g/mol. The van der Waals surface area contributed by atoms with Crippen LogP contribution in [0.25, 0.3) is 16.8 Å². The van der Waals surface area contributed by atoms with Gasteiger partial charge in [0.25, 0.3) is 5.91 Å². The molecule has 0 saturated carbocycles. The third-order valence-electron chi connectivity index (χ3n) is 5.12. The van der Waals surface area contributed by atoms with Gasteiger partial charge in [-0.2, -0.15) is 0 Å². The van der Waals surface area contributed by atoms with Crippen LogP contribution in [0.15, 0.2) is 41.3 Å². The van der Waals surface area contributed by atoms with Gasteiger partial charge >= 0.3 is 0 Å². The van der Waals surface area contributed by atoms with Gasteiger partial charge in [-0.15, -0.1) is 0 Å². The first-order valence-corrected chi connectivity index (χ1v) is 11.1. The number of ether oxygens (including phenoxy) is 2. The highest BCUT2D eigenvalue weighted by Gasteiger charge is 2.32. The zero-order valence-electron chi connectivity index (χ0n) is 16.4. The summed E-state index contributed by atoms with van der Waals surface area (Å²) < 4.78 is 11.8. The molecule has 0 aliphatic carbocycles. The van der Waals surface area contributed by atoms with E-state index in [4.69, 9.17) is 21.7 Å². The lowest BCUT2D eigenvalue weighted by Gasteiger charge is -2.28. The number of thiocarbonyl (C=S) groups is 1. The predicted molar refractivity (Wildman–Crippen MR) is 122 cm³/mol. The maximum absolute atomic E-state index is 13.1. The molecule has 152 valence electrons. The largest absolute Gasteiger partial charge is 0.493 e. The van der Waals surface area contributed by atoms with Crippen LogP contribution in [-0.2, 0) is 9.53 Å². The van der Waals surface area contributed by atoms with E-state index in [2.05, 4.69) is 17.0 Å². The Balaban J connectivity index is 1.59. The summed E-state index contributed by atoms with van der Waals surface area (Å²) in [5.41, 5.74) is 0.929. The Bertz CT molecular complexity index is 954. The zero-order chi connectivity index (χ0) is 20.2. The molecule has 2 heterocycles. The summed E-state index contributed by atoms with van der Waals surface area (Å²) in [6.45, 7) is 7.25. The number of morpholine rings is 1. The lowest BCUT2D eigenvalue weighted by molar-refractivity contribution is -0.122. The first-order valence-electron chi connectivity index (χ1n) is 9.87. The maximum Gasteiger partial charge on any atom is 0.266 e. The van der Waals surface area contributed by atoms with Gasteiger partial charge in [0.05, 0.1) is 24.7 Å². The number of carbonyl (C=O) groups is 1. The topological polar surface area (TPSA) is 42.0 Å². The van der Waals surface area contributed by atoms with Gasteiger partial charge in [0.15, 0.2) is 0 Å². The summed E-state index contributed by atoms with van der Waals surface area (Å²) in [5, 5.41) is 2.18.